The van der Waals surface area contributed by atoms with Gasteiger partial charge in [0.05, 0.1) is 11.4 Å². The first-order valence-corrected chi connectivity index (χ1v) is 10.8. The lowest BCUT2D eigenvalue weighted by atomic mass is 10.1. The van der Waals surface area contributed by atoms with E-state index >= 15 is 0 Å². The van der Waals surface area contributed by atoms with Crippen molar-refractivity contribution < 1.29 is 9.59 Å². The summed E-state index contributed by atoms with van der Waals surface area (Å²) < 4.78 is 0. The molecule has 0 spiro atoms. The van der Waals surface area contributed by atoms with E-state index in [1.165, 1.54) is 11.3 Å². The van der Waals surface area contributed by atoms with Gasteiger partial charge in [-0.1, -0.05) is 42.5 Å². The molecule has 156 valence electrons. The number of hydrogen-bond acceptors (Lipinski definition) is 3. The molecule has 2 heterocycles. The molecule has 1 N–H and O–H groups in total. The van der Waals surface area contributed by atoms with Gasteiger partial charge in [0.15, 0.2) is 0 Å². The summed E-state index contributed by atoms with van der Waals surface area (Å²) in [6.07, 6.45) is 2.57. The first-order chi connectivity index (χ1) is 15.2. The van der Waals surface area contributed by atoms with Crippen LogP contribution in [0.1, 0.15) is 34.3 Å². The number of rotatable bonds is 5. The molecule has 0 unspecified atom stereocenters. The summed E-state index contributed by atoms with van der Waals surface area (Å²) in [4.78, 5) is 28.9. The molecule has 0 aromatic heterocycles. The molecule has 3 aromatic rings. The topological polar surface area (TPSA) is 52.7 Å². The number of carbonyl (C=O) groups is 2. The highest BCUT2D eigenvalue weighted by atomic mass is 16.2. The minimum Gasteiger partial charge on any atom is -0.339 e. The van der Waals surface area contributed by atoms with E-state index in [1.54, 1.807) is 0 Å². The number of likely N-dealkylation sites (tertiary alicyclic amines) is 1. The van der Waals surface area contributed by atoms with Gasteiger partial charge in [0.2, 0.25) is 5.91 Å². The van der Waals surface area contributed by atoms with Gasteiger partial charge in [-0.05, 0) is 54.3 Å². The van der Waals surface area contributed by atoms with Crippen LogP contribution in [0.25, 0.3) is 0 Å². The second-order valence-electron chi connectivity index (χ2n) is 8.12. The number of amides is 2. The Morgan fingerprint density at radius 2 is 1.58 bits per heavy atom. The van der Waals surface area contributed by atoms with Crippen LogP contribution in [0.5, 0.6) is 0 Å². The molecule has 31 heavy (non-hydrogen) atoms. The third-order valence-electron chi connectivity index (χ3n) is 6.09. The van der Waals surface area contributed by atoms with Gasteiger partial charge in [-0.3, -0.25) is 9.59 Å². The van der Waals surface area contributed by atoms with E-state index in [1.807, 2.05) is 53.4 Å². The van der Waals surface area contributed by atoms with E-state index in [0.717, 1.165) is 42.9 Å². The summed E-state index contributed by atoms with van der Waals surface area (Å²) in [5.41, 5.74) is 5.98. The number of carbonyl (C=O) groups excluding carboxylic acids is 2. The van der Waals surface area contributed by atoms with Crippen LogP contribution in [0.4, 0.5) is 17.1 Å². The molecule has 2 aliphatic heterocycles. The van der Waals surface area contributed by atoms with E-state index < -0.39 is 0 Å². The van der Waals surface area contributed by atoms with Crippen LogP contribution in [0.3, 0.4) is 0 Å². The molecular formula is C26H25N3O2. The number of hydrogen-bond donors (Lipinski definition) is 1. The van der Waals surface area contributed by atoms with Gasteiger partial charge in [0, 0.05) is 37.3 Å². The van der Waals surface area contributed by atoms with Crippen molar-refractivity contribution in [3.05, 3.63) is 89.5 Å². The van der Waals surface area contributed by atoms with Crippen molar-refractivity contribution in [2.45, 2.75) is 25.8 Å². The molecule has 0 bridgehead atoms. The minimum atomic E-state index is -0.135. The van der Waals surface area contributed by atoms with Crippen molar-refractivity contribution >= 4 is 28.9 Å². The molecule has 5 rings (SSSR count). The predicted molar refractivity (Wildman–Crippen MR) is 123 cm³/mol. The third kappa shape index (κ3) is 3.91. The Labute approximate surface area is 182 Å². The van der Waals surface area contributed by atoms with Crippen molar-refractivity contribution in [1.29, 1.82) is 0 Å². The molecular weight excluding hydrogens is 386 g/mol. The van der Waals surface area contributed by atoms with E-state index in [4.69, 9.17) is 0 Å². The normalized spacial score (nSPS) is 15.3. The predicted octanol–water partition coefficient (Wildman–Crippen LogP) is 4.76. The van der Waals surface area contributed by atoms with Crippen LogP contribution in [0.15, 0.2) is 72.8 Å². The lowest BCUT2D eigenvalue weighted by Gasteiger charge is -2.23. The molecule has 5 nitrogen and oxygen atoms in total. The third-order valence-corrected chi connectivity index (χ3v) is 6.09. The quantitative estimate of drug-likeness (QED) is 0.659. The van der Waals surface area contributed by atoms with E-state index in [-0.39, 0.29) is 11.8 Å². The number of anilines is 3. The summed E-state index contributed by atoms with van der Waals surface area (Å²) in [6, 6.07) is 23.9. The molecule has 0 saturated carbocycles. The summed E-state index contributed by atoms with van der Waals surface area (Å²) in [7, 11) is 0. The zero-order chi connectivity index (χ0) is 21.2. The Balaban J connectivity index is 1.32. The second-order valence-corrected chi connectivity index (χ2v) is 8.12. The monoisotopic (exact) mass is 411 g/mol. The number of benzene rings is 3. The first-order valence-electron chi connectivity index (χ1n) is 10.8. The number of nitrogens with one attached hydrogen (secondary N) is 1. The van der Waals surface area contributed by atoms with Gasteiger partial charge in [-0.2, -0.15) is 0 Å². The fraction of sp³-hybridized carbons (Fsp3) is 0.231. The Bertz CT molecular complexity index is 1120. The van der Waals surface area contributed by atoms with Gasteiger partial charge >= 0.3 is 0 Å². The highest BCUT2D eigenvalue weighted by Gasteiger charge is 2.23. The smallest absolute Gasteiger partial charge is 0.255 e. The fourth-order valence-electron chi connectivity index (χ4n) is 4.45. The maximum absolute atomic E-state index is 12.9. The summed E-state index contributed by atoms with van der Waals surface area (Å²) >= 11 is 0. The fourth-order valence-corrected chi connectivity index (χ4v) is 4.45. The molecule has 2 amide bonds. The standard InChI is InChI=1S/C26H25N3O2/c30-25-10-5-16-28(25)18-19-11-13-21(14-12-19)26(31)27-22-7-2-4-9-24(22)29-17-15-20-6-1-3-8-23(20)29/h1-4,6-9,11-14H,5,10,15-18H2,(H,27,31). The van der Waals surface area contributed by atoms with E-state index in [2.05, 4.69) is 34.5 Å². The summed E-state index contributed by atoms with van der Waals surface area (Å²) in [6.45, 7) is 2.32. The molecule has 5 heteroatoms. The molecule has 0 radical (unpaired) electrons. The Morgan fingerprint density at radius 1 is 0.839 bits per heavy atom. The molecule has 0 aliphatic carbocycles. The van der Waals surface area contributed by atoms with Gasteiger partial charge in [-0.25, -0.2) is 0 Å². The molecule has 3 aromatic carbocycles. The van der Waals surface area contributed by atoms with Crippen LogP contribution < -0.4 is 10.2 Å². The van der Waals surface area contributed by atoms with E-state index in [9.17, 15) is 9.59 Å². The van der Waals surface area contributed by atoms with Crippen LogP contribution in [-0.4, -0.2) is 29.8 Å². The van der Waals surface area contributed by atoms with Crippen LogP contribution in [0, 0.1) is 0 Å². The molecule has 2 aliphatic rings. The first kappa shape index (κ1) is 19.4. The Kier molecular flexibility index (Phi) is 5.16. The molecule has 0 atom stereocenters. The van der Waals surface area contributed by atoms with E-state index in [0.29, 0.717) is 18.5 Å². The lowest BCUT2D eigenvalue weighted by molar-refractivity contribution is -0.128. The Morgan fingerprint density at radius 3 is 2.35 bits per heavy atom. The van der Waals surface area contributed by atoms with Crippen LogP contribution in [0.2, 0.25) is 0 Å². The van der Waals surface area contributed by atoms with Crippen molar-refractivity contribution in [3.63, 3.8) is 0 Å². The zero-order valence-electron chi connectivity index (χ0n) is 17.4. The average Bonchev–Trinajstić information content (AvgIpc) is 3.41. The van der Waals surface area contributed by atoms with Gasteiger partial charge < -0.3 is 15.1 Å². The van der Waals surface area contributed by atoms with Crippen molar-refractivity contribution in [2.75, 3.05) is 23.3 Å². The highest BCUT2D eigenvalue weighted by molar-refractivity contribution is 6.06. The Hall–Kier alpha value is -3.60. The van der Waals surface area contributed by atoms with Crippen LogP contribution >= 0.6 is 0 Å². The lowest BCUT2D eigenvalue weighted by Crippen LogP contribution is -2.23. The number of fused-ring (bicyclic) bond motifs is 1. The van der Waals surface area contributed by atoms with Gasteiger partial charge in [0.25, 0.3) is 5.91 Å². The second kappa shape index (κ2) is 8.26. The summed E-state index contributed by atoms with van der Waals surface area (Å²) in [5.74, 6) is 0.0747. The van der Waals surface area contributed by atoms with Crippen molar-refractivity contribution in [3.8, 4) is 0 Å². The summed E-state index contributed by atoms with van der Waals surface area (Å²) in [5, 5.41) is 3.09. The molecule has 1 fully saturated rings. The number of para-hydroxylation sites is 3. The maximum Gasteiger partial charge on any atom is 0.255 e. The SMILES string of the molecule is O=C(Nc1ccccc1N1CCc2ccccc21)c1ccc(CN2CCCC2=O)cc1. The van der Waals surface area contributed by atoms with Crippen LogP contribution in [-0.2, 0) is 17.8 Å². The molecule has 1 saturated heterocycles. The number of nitrogens with zero attached hydrogens (tertiary/aromatic N) is 2. The van der Waals surface area contributed by atoms with Crippen molar-refractivity contribution in [2.24, 2.45) is 0 Å². The van der Waals surface area contributed by atoms with Gasteiger partial charge in [0.1, 0.15) is 0 Å². The maximum atomic E-state index is 12.9. The van der Waals surface area contributed by atoms with Gasteiger partial charge in [-0.15, -0.1) is 0 Å². The average molecular weight is 412 g/mol. The largest absolute Gasteiger partial charge is 0.339 e. The zero-order valence-corrected chi connectivity index (χ0v) is 17.4. The minimum absolute atomic E-state index is 0.135. The van der Waals surface area contributed by atoms with Crippen molar-refractivity contribution in [1.82, 2.24) is 4.90 Å². The highest BCUT2D eigenvalue weighted by Crippen LogP contribution is 2.38.